The molecule has 2 aliphatic rings. The highest BCUT2D eigenvalue weighted by atomic mass is 19.4. The van der Waals surface area contributed by atoms with Crippen LogP contribution in [0.15, 0.2) is 54.6 Å². The van der Waals surface area contributed by atoms with E-state index < -0.39 is 23.6 Å². The van der Waals surface area contributed by atoms with Crippen molar-refractivity contribution in [3.05, 3.63) is 82.4 Å². The van der Waals surface area contributed by atoms with Crippen molar-refractivity contribution in [2.45, 2.75) is 30.9 Å². The minimum absolute atomic E-state index is 0.205. The summed E-state index contributed by atoms with van der Waals surface area (Å²) in [5.74, 6) is -10.5. The van der Waals surface area contributed by atoms with Crippen molar-refractivity contribution in [1.29, 1.82) is 0 Å². The van der Waals surface area contributed by atoms with Crippen LogP contribution in [-0.4, -0.2) is 12.1 Å². The first-order valence-corrected chi connectivity index (χ1v) is 9.52. The molecular formula is C23H13F7O2. The molecule has 0 radical (unpaired) electrons. The molecule has 0 amide bonds. The Kier molecular flexibility index (Phi) is 4.28. The maximum Gasteiger partial charge on any atom is 0.460 e. The second-order valence-corrected chi connectivity index (χ2v) is 7.70. The number of hydrogen-bond acceptors (Lipinski definition) is 2. The number of halogens is 7. The fourth-order valence-corrected chi connectivity index (χ4v) is 3.87. The summed E-state index contributed by atoms with van der Waals surface area (Å²) in [4.78, 5) is 0. The summed E-state index contributed by atoms with van der Waals surface area (Å²) in [7, 11) is 0. The van der Waals surface area contributed by atoms with E-state index in [0.717, 1.165) is 22.8 Å². The van der Waals surface area contributed by atoms with Crippen molar-refractivity contribution in [3.8, 4) is 23.0 Å². The predicted molar refractivity (Wildman–Crippen MR) is 100.0 cm³/mol. The first-order valence-electron chi connectivity index (χ1n) is 9.52. The van der Waals surface area contributed by atoms with E-state index in [1.165, 1.54) is 0 Å². The van der Waals surface area contributed by atoms with Gasteiger partial charge in [-0.3, -0.25) is 0 Å². The molecule has 0 bridgehead atoms. The Balaban J connectivity index is 1.49. The maximum atomic E-state index is 14.1. The molecule has 166 valence electrons. The van der Waals surface area contributed by atoms with Crippen molar-refractivity contribution in [2.75, 3.05) is 0 Å². The van der Waals surface area contributed by atoms with Gasteiger partial charge in [-0.05, 0) is 40.5 Å². The third-order valence-electron chi connectivity index (χ3n) is 5.60. The van der Waals surface area contributed by atoms with Crippen LogP contribution in [0, 0.1) is 0 Å². The van der Waals surface area contributed by atoms with Crippen LogP contribution >= 0.6 is 0 Å². The van der Waals surface area contributed by atoms with Crippen molar-refractivity contribution in [3.63, 3.8) is 0 Å². The van der Waals surface area contributed by atoms with Crippen molar-refractivity contribution >= 4 is 0 Å². The van der Waals surface area contributed by atoms with Gasteiger partial charge in [-0.2, -0.15) is 30.7 Å². The van der Waals surface area contributed by atoms with Crippen LogP contribution in [0.25, 0.3) is 0 Å². The Morgan fingerprint density at radius 2 is 1.12 bits per heavy atom. The fraction of sp³-hybridized carbons (Fsp3) is 0.217. The minimum atomic E-state index is -6.41. The Bertz CT molecular complexity index is 1230. The second kappa shape index (κ2) is 6.63. The van der Waals surface area contributed by atoms with Gasteiger partial charge in [-0.25, -0.2) is 0 Å². The fourth-order valence-electron chi connectivity index (χ4n) is 3.87. The van der Waals surface area contributed by atoms with Gasteiger partial charge in [0.25, 0.3) is 0 Å². The summed E-state index contributed by atoms with van der Waals surface area (Å²) in [5, 5.41) is 0. The molecule has 0 spiro atoms. The van der Waals surface area contributed by atoms with E-state index in [0.29, 0.717) is 35.6 Å². The number of para-hydroxylation sites is 1. The zero-order valence-corrected chi connectivity index (χ0v) is 16.1. The van der Waals surface area contributed by atoms with Gasteiger partial charge in [0.05, 0.1) is 0 Å². The Hall–Kier alpha value is -3.23. The molecule has 9 heteroatoms. The molecule has 0 unspecified atom stereocenters. The lowest BCUT2D eigenvalue weighted by Crippen LogP contribution is -2.50. The molecule has 2 nitrogen and oxygen atoms in total. The zero-order chi connectivity index (χ0) is 22.9. The lowest BCUT2D eigenvalue weighted by atomic mass is 9.92. The smallest absolute Gasteiger partial charge is 0.457 e. The molecule has 0 atom stereocenters. The highest BCUT2D eigenvalue weighted by molar-refractivity contribution is 5.59. The van der Waals surface area contributed by atoms with Crippen LogP contribution in [0.5, 0.6) is 23.0 Å². The molecule has 0 fully saturated rings. The number of alkyl halides is 7. The highest BCUT2D eigenvalue weighted by Gasteiger charge is 2.73. The zero-order valence-electron chi connectivity index (χ0n) is 16.1. The molecule has 3 aromatic rings. The summed E-state index contributed by atoms with van der Waals surface area (Å²) in [6.45, 7) is 0. The van der Waals surface area contributed by atoms with E-state index in [2.05, 4.69) is 0 Å². The third kappa shape index (κ3) is 3.02. The molecule has 0 N–H and O–H groups in total. The molecule has 5 rings (SSSR count). The van der Waals surface area contributed by atoms with Gasteiger partial charge in [-0.1, -0.05) is 30.3 Å². The maximum absolute atomic E-state index is 14.1. The van der Waals surface area contributed by atoms with Gasteiger partial charge in [0, 0.05) is 24.5 Å². The molecule has 2 heterocycles. The third-order valence-corrected chi connectivity index (χ3v) is 5.60. The van der Waals surface area contributed by atoms with Crippen LogP contribution in [0.2, 0.25) is 0 Å². The summed E-state index contributed by atoms with van der Waals surface area (Å²) in [6.07, 6.45) is -5.56. The Labute approximate surface area is 177 Å². The summed E-state index contributed by atoms with van der Waals surface area (Å²) in [5.41, 5.74) is 1.52. The predicted octanol–water partition coefficient (Wildman–Crippen LogP) is 7.37. The summed E-state index contributed by atoms with van der Waals surface area (Å²) in [6, 6.07) is 13.0. The first-order chi connectivity index (χ1) is 15.0. The van der Waals surface area contributed by atoms with Crippen LogP contribution in [-0.2, 0) is 18.8 Å². The number of benzene rings is 3. The van der Waals surface area contributed by atoms with E-state index in [1.54, 1.807) is 12.1 Å². The molecule has 0 aromatic heterocycles. The summed E-state index contributed by atoms with van der Waals surface area (Å²) < 4.78 is 104. The van der Waals surface area contributed by atoms with Crippen LogP contribution in [0.1, 0.15) is 27.8 Å². The first kappa shape index (κ1) is 20.7. The van der Waals surface area contributed by atoms with Gasteiger partial charge in [0.2, 0.25) is 0 Å². The van der Waals surface area contributed by atoms with Gasteiger partial charge in [0.1, 0.15) is 23.0 Å². The molecule has 2 aliphatic heterocycles. The number of rotatable bonds is 2. The van der Waals surface area contributed by atoms with Crippen molar-refractivity contribution in [1.82, 2.24) is 0 Å². The number of fused-ring (bicyclic) bond motifs is 4. The molecule has 3 aromatic carbocycles. The molecule has 0 saturated heterocycles. The summed E-state index contributed by atoms with van der Waals surface area (Å²) >= 11 is 0. The number of ether oxygens (including phenoxy) is 2. The second-order valence-electron chi connectivity index (χ2n) is 7.70. The lowest BCUT2D eigenvalue weighted by molar-refractivity contribution is -0.359. The van der Waals surface area contributed by atoms with E-state index >= 15 is 0 Å². The molecule has 0 saturated carbocycles. The average molecular weight is 454 g/mol. The van der Waals surface area contributed by atoms with Crippen LogP contribution < -0.4 is 9.47 Å². The molecule has 0 aliphatic carbocycles. The highest BCUT2D eigenvalue weighted by Crippen LogP contribution is 2.53. The quantitative estimate of drug-likeness (QED) is 0.259. The SMILES string of the molecule is FC(F)(F)C(F)(F)C(F)(F)c1ccc2c(c1)Oc1cc3c(cc1C2)Cc1ccccc1O3. The largest absolute Gasteiger partial charge is 0.460 e. The van der Waals surface area contributed by atoms with E-state index in [9.17, 15) is 30.7 Å². The lowest BCUT2D eigenvalue weighted by Gasteiger charge is -2.30. The normalized spacial score (nSPS) is 15.0. The minimum Gasteiger partial charge on any atom is -0.457 e. The average Bonchev–Trinajstić information content (AvgIpc) is 2.73. The van der Waals surface area contributed by atoms with E-state index in [-0.39, 0.29) is 17.9 Å². The molecule has 32 heavy (non-hydrogen) atoms. The van der Waals surface area contributed by atoms with Gasteiger partial charge in [0.15, 0.2) is 0 Å². The van der Waals surface area contributed by atoms with Crippen LogP contribution in [0.3, 0.4) is 0 Å². The Morgan fingerprint density at radius 1 is 0.562 bits per heavy atom. The topological polar surface area (TPSA) is 18.5 Å². The van der Waals surface area contributed by atoms with Gasteiger partial charge in [-0.15, -0.1) is 0 Å². The Morgan fingerprint density at radius 3 is 1.78 bits per heavy atom. The number of hydrogen-bond donors (Lipinski definition) is 0. The molecular weight excluding hydrogens is 441 g/mol. The van der Waals surface area contributed by atoms with E-state index in [1.807, 2.05) is 24.3 Å². The van der Waals surface area contributed by atoms with E-state index in [4.69, 9.17) is 9.47 Å². The van der Waals surface area contributed by atoms with Gasteiger partial charge < -0.3 is 9.47 Å². The van der Waals surface area contributed by atoms with Gasteiger partial charge >= 0.3 is 18.0 Å². The monoisotopic (exact) mass is 454 g/mol. The van der Waals surface area contributed by atoms with Crippen LogP contribution in [0.4, 0.5) is 30.7 Å². The van der Waals surface area contributed by atoms with Crippen molar-refractivity contribution < 1.29 is 40.2 Å². The standard InChI is InChI=1S/C23H13F7O2/c24-21(25,22(26,27)23(28,29)30)16-6-5-13-8-15-9-14-7-12-3-1-2-4-17(12)31-19(14)11-20(15)32-18(13)10-16/h1-6,9-11H,7-8H2. The van der Waals surface area contributed by atoms with Crippen molar-refractivity contribution in [2.24, 2.45) is 0 Å².